The molecule has 0 aliphatic rings. The molecule has 0 unspecified atom stereocenters. The van der Waals surface area contributed by atoms with E-state index in [0.717, 1.165) is 8.66 Å². The normalized spacial score (nSPS) is 11.3. The third-order valence-corrected chi connectivity index (χ3v) is 5.66. The molecular formula is C12H12BrNO3S2. The Kier molecular flexibility index (Phi) is 4.17. The van der Waals surface area contributed by atoms with Crippen LogP contribution in [0.1, 0.15) is 4.88 Å². The van der Waals surface area contributed by atoms with Gasteiger partial charge in [0, 0.05) is 10.6 Å². The molecule has 0 bridgehead atoms. The number of aryl methyl sites for hydroxylation is 1. The molecule has 0 amide bonds. The minimum Gasteiger partial charge on any atom is -0.497 e. The second-order valence-corrected chi connectivity index (χ2v) is 8.09. The highest BCUT2D eigenvalue weighted by molar-refractivity contribution is 9.11. The molecule has 1 aromatic heterocycles. The standard InChI is InChI=1S/C12H12BrNO3S2/c1-8-11(7-12(13)18-8)19(15,16)14-9-3-5-10(17-2)6-4-9/h3-7,14H,1-2H3. The van der Waals surface area contributed by atoms with E-state index in [2.05, 4.69) is 20.7 Å². The van der Waals surface area contributed by atoms with Crippen molar-refractivity contribution >= 4 is 43.0 Å². The lowest BCUT2D eigenvalue weighted by atomic mass is 10.3. The third kappa shape index (κ3) is 3.29. The minimum atomic E-state index is -3.55. The Balaban J connectivity index is 2.28. The molecule has 2 aromatic rings. The number of hydrogen-bond donors (Lipinski definition) is 1. The van der Waals surface area contributed by atoms with Crippen molar-refractivity contribution in [3.8, 4) is 5.75 Å². The van der Waals surface area contributed by atoms with E-state index in [4.69, 9.17) is 4.74 Å². The van der Waals surface area contributed by atoms with Gasteiger partial charge in [-0.2, -0.15) is 0 Å². The van der Waals surface area contributed by atoms with E-state index in [1.807, 2.05) is 0 Å². The minimum absolute atomic E-state index is 0.292. The zero-order chi connectivity index (χ0) is 14.0. The second-order valence-electron chi connectivity index (χ2n) is 3.80. The summed E-state index contributed by atoms with van der Waals surface area (Å²) in [7, 11) is -1.99. The van der Waals surface area contributed by atoms with E-state index in [9.17, 15) is 8.42 Å². The second kappa shape index (κ2) is 5.52. The molecule has 7 heteroatoms. The first-order valence-corrected chi connectivity index (χ1v) is 8.44. The summed E-state index contributed by atoms with van der Waals surface area (Å²) in [5.41, 5.74) is 0.502. The molecule has 102 valence electrons. The summed E-state index contributed by atoms with van der Waals surface area (Å²) in [6.45, 7) is 1.78. The summed E-state index contributed by atoms with van der Waals surface area (Å²) < 4.78 is 32.8. The van der Waals surface area contributed by atoms with Gasteiger partial charge in [0.2, 0.25) is 0 Å². The lowest BCUT2D eigenvalue weighted by Gasteiger charge is -2.08. The van der Waals surface area contributed by atoms with E-state index in [1.165, 1.54) is 11.3 Å². The van der Waals surface area contributed by atoms with Crippen LogP contribution in [0.25, 0.3) is 0 Å². The number of sulfonamides is 1. The first-order chi connectivity index (χ1) is 8.92. The van der Waals surface area contributed by atoms with Gasteiger partial charge in [-0.05, 0) is 53.2 Å². The quantitative estimate of drug-likeness (QED) is 0.904. The van der Waals surface area contributed by atoms with Crippen molar-refractivity contribution in [2.24, 2.45) is 0 Å². The Bertz CT molecular complexity index is 678. The molecule has 0 saturated heterocycles. The number of hydrogen-bond acceptors (Lipinski definition) is 4. The van der Waals surface area contributed by atoms with E-state index in [-0.39, 0.29) is 0 Å². The number of anilines is 1. The lowest BCUT2D eigenvalue weighted by molar-refractivity contribution is 0.415. The molecular weight excluding hydrogens is 350 g/mol. The van der Waals surface area contributed by atoms with Gasteiger partial charge in [-0.25, -0.2) is 8.42 Å². The molecule has 0 aliphatic heterocycles. The molecule has 0 saturated carbocycles. The number of nitrogens with one attached hydrogen (secondary N) is 1. The predicted molar refractivity (Wildman–Crippen MR) is 80.6 cm³/mol. The predicted octanol–water partition coefficient (Wildman–Crippen LogP) is 3.63. The monoisotopic (exact) mass is 361 g/mol. The van der Waals surface area contributed by atoms with Crippen LogP contribution in [0.2, 0.25) is 0 Å². The molecule has 0 atom stereocenters. The Morgan fingerprint density at radius 1 is 1.26 bits per heavy atom. The molecule has 0 radical (unpaired) electrons. The van der Waals surface area contributed by atoms with Gasteiger partial charge in [-0.1, -0.05) is 0 Å². The smallest absolute Gasteiger partial charge is 0.263 e. The van der Waals surface area contributed by atoms with Crippen LogP contribution in [0.15, 0.2) is 39.0 Å². The lowest BCUT2D eigenvalue weighted by Crippen LogP contribution is -2.12. The SMILES string of the molecule is COc1ccc(NS(=O)(=O)c2cc(Br)sc2C)cc1. The van der Waals surface area contributed by atoms with Crippen LogP contribution in [0.4, 0.5) is 5.69 Å². The highest BCUT2D eigenvalue weighted by Gasteiger charge is 2.19. The Morgan fingerprint density at radius 2 is 1.89 bits per heavy atom. The first kappa shape index (κ1) is 14.4. The van der Waals surface area contributed by atoms with Gasteiger partial charge in [0.15, 0.2) is 0 Å². The van der Waals surface area contributed by atoms with Gasteiger partial charge in [0.25, 0.3) is 10.0 Å². The van der Waals surface area contributed by atoms with Gasteiger partial charge in [0.05, 0.1) is 10.9 Å². The van der Waals surface area contributed by atoms with E-state index in [1.54, 1.807) is 44.4 Å². The largest absolute Gasteiger partial charge is 0.497 e. The summed E-state index contributed by atoms with van der Waals surface area (Å²) in [5, 5.41) is 0. The molecule has 2 rings (SSSR count). The summed E-state index contributed by atoms with van der Waals surface area (Å²) in [5.74, 6) is 0.678. The number of rotatable bonds is 4. The summed E-state index contributed by atoms with van der Waals surface area (Å²) >= 11 is 4.68. The maximum atomic E-state index is 12.2. The molecule has 0 fully saturated rings. The van der Waals surface area contributed by atoms with Crippen molar-refractivity contribution in [2.75, 3.05) is 11.8 Å². The Morgan fingerprint density at radius 3 is 2.37 bits per heavy atom. The van der Waals surface area contributed by atoms with Crippen molar-refractivity contribution in [1.82, 2.24) is 0 Å². The maximum Gasteiger partial charge on any atom is 0.263 e. The average molecular weight is 362 g/mol. The van der Waals surface area contributed by atoms with Crippen LogP contribution in [0.5, 0.6) is 5.75 Å². The Labute approximate surface area is 124 Å². The number of methoxy groups -OCH3 is 1. The van der Waals surface area contributed by atoms with Crippen LogP contribution < -0.4 is 9.46 Å². The number of thiophene rings is 1. The van der Waals surface area contributed by atoms with Crippen LogP contribution in [-0.2, 0) is 10.0 Å². The molecule has 1 heterocycles. The molecule has 0 spiro atoms. The fourth-order valence-electron chi connectivity index (χ4n) is 1.57. The van der Waals surface area contributed by atoms with Gasteiger partial charge in [-0.3, -0.25) is 4.72 Å². The van der Waals surface area contributed by atoms with E-state index in [0.29, 0.717) is 16.3 Å². The van der Waals surface area contributed by atoms with Crippen molar-refractivity contribution < 1.29 is 13.2 Å². The van der Waals surface area contributed by atoms with E-state index >= 15 is 0 Å². The zero-order valence-electron chi connectivity index (χ0n) is 10.3. The fourth-order valence-corrected chi connectivity index (χ4v) is 5.04. The van der Waals surface area contributed by atoms with Crippen molar-refractivity contribution in [3.05, 3.63) is 39.0 Å². The van der Waals surface area contributed by atoms with Crippen LogP contribution in [-0.4, -0.2) is 15.5 Å². The molecule has 0 aliphatic carbocycles. The fraction of sp³-hybridized carbons (Fsp3) is 0.167. The summed E-state index contributed by atoms with van der Waals surface area (Å²) in [4.78, 5) is 1.04. The number of ether oxygens (including phenoxy) is 1. The summed E-state index contributed by atoms with van der Waals surface area (Å²) in [6, 6.07) is 8.33. The van der Waals surface area contributed by atoms with Crippen molar-refractivity contribution in [2.45, 2.75) is 11.8 Å². The van der Waals surface area contributed by atoms with Gasteiger partial charge in [-0.15, -0.1) is 11.3 Å². The average Bonchev–Trinajstić information content (AvgIpc) is 2.70. The van der Waals surface area contributed by atoms with Crippen molar-refractivity contribution in [1.29, 1.82) is 0 Å². The highest BCUT2D eigenvalue weighted by atomic mass is 79.9. The van der Waals surface area contributed by atoms with E-state index < -0.39 is 10.0 Å². The van der Waals surface area contributed by atoms with Gasteiger partial charge < -0.3 is 4.74 Å². The topological polar surface area (TPSA) is 55.4 Å². The number of benzene rings is 1. The zero-order valence-corrected chi connectivity index (χ0v) is 13.5. The molecule has 4 nitrogen and oxygen atoms in total. The molecule has 1 N–H and O–H groups in total. The highest BCUT2D eigenvalue weighted by Crippen LogP contribution is 2.30. The maximum absolute atomic E-state index is 12.2. The molecule has 1 aromatic carbocycles. The first-order valence-electron chi connectivity index (χ1n) is 5.35. The van der Waals surface area contributed by atoms with Crippen LogP contribution in [0.3, 0.4) is 0 Å². The van der Waals surface area contributed by atoms with Gasteiger partial charge >= 0.3 is 0 Å². The molecule has 19 heavy (non-hydrogen) atoms. The Hall–Kier alpha value is -1.05. The van der Waals surface area contributed by atoms with Crippen molar-refractivity contribution in [3.63, 3.8) is 0 Å². The van der Waals surface area contributed by atoms with Gasteiger partial charge in [0.1, 0.15) is 10.6 Å². The third-order valence-electron chi connectivity index (χ3n) is 2.47. The van der Waals surface area contributed by atoms with Crippen LogP contribution >= 0.6 is 27.3 Å². The summed E-state index contributed by atoms with van der Waals surface area (Å²) in [6.07, 6.45) is 0. The number of halogens is 1. The van der Waals surface area contributed by atoms with Crippen LogP contribution in [0, 0.1) is 6.92 Å².